The van der Waals surface area contributed by atoms with Crippen molar-refractivity contribution < 1.29 is 4.21 Å². The minimum absolute atomic E-state index is 0.135. The molecule has 13 heavy (non-hydrogen) atoms. The minimum Gasteiger partial charge on any atom is -0.329 e. The van der Waals surface area contributed by atoms with Crippen LogP contribution < -0.4 is 5.73 Å². The van der Waals surface area contributed by atoms with Crippen LogP contribution in [-0.4, -0.2) is 46.3 Å². The van der Waals surface area contributed by atoms with Crippen LogP contribution in [0.4, 0.5) is 0 Å². The van der Waals surface area contributed by atoms with Crippen molar-refractivity contribution in [2.45, 2.75) is 26.0 Å². The molecule has 0 bridgehead atoms. The maximum atomic E-state index is 11.5. The fraction of sp³-hybridized carbons (Fsp3) is 1.00. The summed E-state index contributed by atoms with van der Waals surface area (Å²) in [6.45, 7) is 9.69. The molecule has 0 rings (SSSR count). The van der Waals surface area contributed by atoms with E-state index < -0.39 is 10.8 Å². The molecule has 0 radical (unpaired) electrons. The summed E-state index contributed by atoms with van der Waals surface area (Å²) in [5.41, 5.74) is 5.44. The molecule has 2 N–H and O–H groups in total. The molecule has 0 saturated carbocycles. The Labute approximate surface area is 84.1 Å². The lowest BCUT2D eigenvalue weighted by Gasteiger charge is -2.18. The zero-order chi connectivity index (χ0) is 10.3. The number of hydrogen-bond donors (Lipinski definition) is 1. The van der Waals surface area contributed by atoms with E-state index in [1.165, 1.54) is 0 Å². The van der Waals surface area contributed by atoms with Crippen molar-refractivity contribution in [2.24, 2.45) is 5.73 Å². The standard InChI is InChI=1S/C9H22N2OS/c1-4-11(5-2)6-7-13(12)9(3)8-10/h9H,4-8,10H2,1-3H3. The largest absolute Gasteiger partial charge is 0.329 e. The lowest BCUT2D eigenvalue weighted by atomic mass is 10.5. The van der Waals surface area contributed by atoms with E-state index in [-0.39, 0.29) is 5.25 Å². The van der Waals surface area contributed by atoms with Crippen LogP contribution in [0.25, 0.3) is 0 Å². The van der Waals surface area contributed by atoms with Crippen molar-refractivity contribution in [1.29, 1.82) is 0 Å². The van der Waals surface area contributed by atoms with Gasteiger partial charge in [-0.3, -0.25) is 4.21 Å². The summed E-state index contributed by atoms with van der Waals surface area (Å²) in [5.74, 6) is 0.750. The predicted octanol–water partition coefficient (Wildman–Crippen LogP) is 0.424. The van der Waals surface area contributed by atoms with Crippen LogP contribution in [0, 0.1) is 0 Å². The highest BCUT2D eigenvalue weighted by Gasteiger charge is 2.09. The number of rotatable bonds is 7. The van der Waals surface area contributed by atoms with Gasteiger partial charge in [0.25, 0.3) is 0 Å². The molecule has 0 heterocycles. The Bertz CT molecular complexity index is 149. The van der Waals surface area contributed by atoms with Crippen LogP contribution in [-0.2, 0) is 10.8 Å². The van der Waals surface area contributed by atoms with E-state index in [2.05, 4.69) is 18.7 Å². The SMILES string of the molecule is CCN(CC)CCS(=O)C(C)CN. The average molecular weight is 206 g/mol. The van der Waals surface area contributed by atoms with Crippen molar-refractivity contribution in [3.63, 3.8) is 0 Å². The van der Waals surface area contributed by atoms with Gasteiger partial charge < -0.3 is 10.6 Å². The number of nitrogens with two attached hydrogens (primary N) is 1. The summed E-state index contributed by atoms with van der Waals surface area (Å²) in [6.07, 6.45) is 0. The van der Waals surface area contributed by atoms with Gasteiger partial charge in [0.05, 0.1) is 0 Å². The van der Waals surface area contributed by atoms with E-state index in [4.69, 9.17) is 5.73 Å². The van der Waals surface area contributed by atoms with Gasteiger partial charge in [-0.15, -0.1) is 0 Å². The highest BCUT2D eigenvalue weighted by molar-refractivity contribution is 7.85. The second-order valence-corrected chi connectivity index (χ2v) is 5.13. The van der Waals surface area contributed by atoms with Gasteiger partial charge in [0.2, 0.25) is 0 Å². The van der Waals surface area contributed by atoms with Crippen LogP contribution in [0.3, 0.4) is 0 Å². The van der Waals surface area contributed by atoms with E-state index in [9.17, 15) is 4.21 Å². The van der Waals surface area contributed by atoms with Crippen molar-refractivity contribution in [1.82, 2.24) is 4.90 Å². The van der Waals surface area contributed by atoms with Crippen molar-refractivity contribution >= 4 is 10.8 Å². The number of hydrogen-bond acceptors (Lipinski definition) is 3. The molecule has 0 saturated heterocycles. The van der Waals surface area contributed by atoms with Crippen molar-refractivity contribution in [3.8, 4) is 0 Å². The highest BCUT2D eigenvalue weighted by Crippen LogP contribution is 1.95. The number of nitrogens with zero attached hydrogens (tertiary/aromatic N) is 1. The molecule has 0 aliphatic heterocycles. The molecule has 0 aliphatic rings. The van der Waals surface area contributed by atoms with Crippen LogP contribution >= 0.6 is 0 Å². The van der Waals surface area contributed by atoms with Gasteiger partial charge in [-0.05, 0) is 20.0 Å². The zero-order valence-corrected chi connectivity index (χ0v) is 9.77. The molecule has 0 spiro atoms. The normalized spacial score (nSPS) is 16.1. The summed E-state index contributed by atoms with van der Waals surface area (Å²) in [6, 6.07) is 0. The van der Waals surface area contributed by atoms with Gasteiger partial charge in [-0.1, -0.05) is 13.8 Å². The lowest BCUT2D eigenvalue weighted by Crippen LogP contribution is -2.31. The fourth-order valence-electron chi connectivity index (χ4n) is 1.07. The van der Waals surface area contributed by atoms with Gasteiger partial charge in [-0.25, -0.2) is 0 Å². The molecule has 0 aromatic carbocycles. The molecule has 0 amide bonds. The quantitative estimate of drug-likeness (QED) is 0.657. The Morgan fingerprint density at radius 2 is 1.92 bits per heavy atom. The first kappa shape index (κ1) is 13.1. The molecule has 2 atom stereocenters. The summed E-state index contributed by atoms with van der Waals surface area (Å²) >= 11 is 0. The maximum absolute atomic E-state index is 11.5. The highest BCUT2D eigenvalue weighted by atomic mass is 32.2. The molecule has 4 heteroatoms. The van der Waals surface area contributed by atoms with Gasteiger partial charge in [-0.2, -0.15) is 0 Å². The van der Waals surface area contributed by atoms with Gasteiger partial charge in [0, 0.05) is 34.9 Å². The summed E-state index contributed by atoms with van der Waals surface area (Å²) in [4.78, 5) is 2.28. The molecule has 0 fully saturated rings. The third-order valence-electron chi connectivity index (χ3n) is 2.28. The molecule has 80 valence electrons. The minimum atomic E-state index is -0.755. The van der Waals surface area contributed by atoms with E-state index in [1.54, 1.807) is 0 Å². The van der Waals surface area contributed by atoms with E-state index in [0.29, 0.717) is 6.54 Å². The van der Waals surface area contributed by atoms with Gasteiger partial charge in [0.1, 0.15) is 0 Å². The van der Waals surface area contributed by atoms with Crippen LogP contribution in [0.15, 0.2) is 0 Å². The maximum Gasteiger partial charge on any atom is 0.0442 e. The summed E-state index contributed by atoms with van der Waals surface area (Å²) in [7, 11) is -0.755. The van der Waals surface area contributed by atoms with Gasteiger partial charge in [0.15, 0.2) is 0 Å². The molecular formula is C9H22N2OS. The van der Waals surface area contributed by atoms with E-state index >= 15 is 0 Å². The Morgan fingerprint density at radius 3 is 2.31 bits per heavy atom. The monoisotopic (exact) mass is 206 g/mol. The van der Waals surface area contributed by atoms with Crippen LogP contribution in [0.2, 0.25) is 0 Å². The molecule has 2 unspecified atom stereocenters. The lowest BCUT2D eigenvalue weighted by molar-refractivity contribution is 0.323. The summed E-state index contributed by atoms with van der Waals surface area (Å²) < 4.78 is 11.5. The predicted molar refractivity (Wildman–Crippen MR) is 59.3 cm³/mol. The van der Waals surface area contributed by atoms with E-state index in [1.807, 2.05) is 6.92 Å². The average Bonchev–Trinajstić information content (AvgIpc) is 2.17. The molecule has 0 aromatic heterocycles. The Hall–Kier alpha value is 0.0700. The molecule has 3 nitrogen and oxygen atoms in total. The first-order chi connectivity index (χ1) is 6.15. The summed E-state index contributed by atoms with van der Waals surface area (Å²) in [5, 5.41) is 0.135. The van der Waals surface area contributed by atoms with Crippen LogP contribution in [0.1, 0.15) is 20.8 Å². The topological polar surface area (TPSA) is 46.3 Å². The van der Waals surface area contributed by atoms with Gasteiger partial charge >= 0.3 is 0 Å². The zero-order valence-electron chi connectivity index (χ0n) is 8.95. The Morgan fingerprint density at radius 1 is 1.38 bits per heavy atom. The second kappa shape index (κ2) is 7.47. The van der Waals surface area contributed by atoms with Crippen molar-refractivity contribution in [2.75, 3.05) is 31.9 Å². The Balaban J connectivity index is 3.68. The second-order valence-electron chi connectivity index (χ2n) is 3.16. The molecular weight excluding hydrogens is 184 g/mol. The smallest absolute Gasteiger partial charge is 0.0442 e. The molecule has 0 aromatic rings. The third kappa shape index (κ3) is 5.39. The van der Waals surface area contributed by atoms with E-state index in [0.717, 1.165) is 25.4 Å². The first-order valence-electron chi connectivity index (χ1n) is 4.95. The first-order valence-corrected chi connectivity index (χ1v) is 6.33. The molecule has 0 aliphatic carbocycles. The fourth-order valence-corrected chi connectivity index (χ4v) is 2.12. The van der Waals surface area contributed by atoms with Crippen molar-refractivity contribution in [3.05, 3.63) is 0 Å². The van der Waals surface area contributed by atoms with Crippen LogP contribution in [0.5, 0.6) is 0 Å². The third-order valence-corrected chi connectivity index (χ3v) is 3.96. The Kier molecular flexibility index (Phi) is 7.51.